The lowest BCUT2D eigenvalue weighted by Gasteiger charge is -2.17. The molecule has 0 fully saturated rings. The minimum Gasteiger partial charge on any atom is -0.493 e. The third kappa shape index (κ3) is 4.96. The first-order chi connectivity index (χ1) is 15.4. The van der Waals surface area contributed by atoms with Crippen LogP contribution in [0.1, 0.15) is 45.9 Å². The topological polar surface area (TPSA) is 92.1 Å². The molecule has 1 aromatic heterocycles. The summed E-state index contributed by atoms with van der Waals surface area (Å²) in [5.74, 6) is 2.70. The Kier molecular flexibility index (Phi) is 7.25. The van der Waals surface area contributed by atoms with Gasteiger partial charge in [-0.3, -0.25) is 4.79 Å². The van der Waals surface area contributed by atoms with Gasteiger partial charge in [0, 0.05) is 5.56 Å². The van der Waals surface area contributed by atoms with Crippen LogP contribution in [0.4, 0.5) is 0 Å². The van der Waals surface area contributed by atoms with Crippen molar-refractivity contribution in [2.24, 2.45) is 0 Å². The van der Waals surface area contributed by atoms with E-state index in [4.69, 9.17) is 23.5 Å². The van der Waals surface area contributed by atoms with Gasteiger partial charge in [0.1, 0.15) is 12.4 Å². The molecule has 0 aliphatic heterocycles. The highest BCUT2D eigenvalue weighted by atomic mass is 16.5. The number of aromatic nitrogens is 1. The predicted molar refractivity (Wildman–Crippen MR) is 119 cm³/mol. The lowest BCUT2D eigenvalue weighted by Crippen LogP contribution is -2.26. The molecule has 8 nitrogen and oxygen atoms in total. The summed E-state index contributed by atoms with van der Waals surface area (Å²) in [5.41, 5.74) is 3.01. The lowest BCUT2D eigenvalue weighted by atomic mass is 10.1. The van der Waals surface area contributed by atoms with E-state index >= 15 is 0 Å². The third-order valence-electron chi connectivity index (χ3n) is 5.23. The Morgan fingerprint density at radius 1 is 0.969 bits per heavy atom. The van der Waals surface area contributed by atoms with Gasteiger partial charge in [-0.25, -0.2) is 0 Å². The molecule has 3 aromatic rings. The van der Waals surface area contributed by atoms with Crippen LogP contribution in [0.25, 0.3) is 0 Å². The first-order valence-corrected chi connectivity index (χ1v) is 10.1. The average Bonchev–Trinajstić information content (AvgIpc) is 3.13. The molecule has 0 radical (unpaired) electrons. The van der Waals surface area contributed by atoms with Gasteiger partial charge in [0.05, 0.1) is 38.6 Å². The quantitative estimate of drug-likeness (QED) is 0.528. The zero-order valence-corrected chi connectivity index (χ0v) is 19.1. The van der Waals surface area contributed by atoms with Crippen LogP contribution in [0.2, 0.25) is 0 Å². The monoisotopic (exact) mass is 440 g/mol. The molecule has 3 rings (SSSR count). The number of hydrogen-bond acceptors (Lipinski definition) is 7. The standard InChI is InChI=1S/C24H28N2O6/c1-14(17-7-9-20(28-4)22(11-17)29-5)25-24(27)18-8-10-21(23(12-18)30-6)31-13-19-15(2)26-32-16(19)3/h7-12,14H,13H2,1-6H3,(H,25,27). The van der Waals surface area contributed by atoms with Gasteiger partial charge >= 0.3 is 0 Å². The number of nitrogens with zero attached hydrogens (tertiary/aromatic N) is 1. The summed E-state index contributed by atoms with van der Waals surface area (Å²) in [4.78, 5) is 12.8. The molecule has 0 saturated heterocycles. The molecule has 0 aliphatic carbocycles. The van der Waals surface area contributed by atoms with Gasteiger partial charge in [-0.2, -0.15) is 0 Å². The second kappa shape index (κ2) is 10.1. The zero-order chi connectivity index (χ0) is 23.3. The van der Waals surface area contributed by atoms with Gasteiger partial charge in [-0.1, -0.05) is 11.2 Å². The fourth-order valence-corrected chi connectivity index (χ4v) is 3.27. The van der Waals surface area contributed by atoms with Gasteiger partial charge in [0.15, 0.2) is 23.0 Å². The number of nitrogens with one attached hydrogen (secondary N) is 1. The number of benzene rings is 2. The van der Waals surface area contributed by atoms with Crippen LogP contribution < -0.4 is 24.3 Å². The van der Waals surface area contributed by atoms with E-state index in [-0.39, 0.29) is 11.9 Å². The number of carbonyl (C=O) groups is 1. The Morgan fingerprint density at radius 2 is 1.62 bits per heavy atom. The van der Waals surface area contributed by atoms with Crippen molar-refractivity contribution in [2.45, 2.75) is 33.4 Å². The highest BCUT2D eigenvalue weighted by Gasteiger charge is 2.17. The van der Waals surface area contributed by atoms with Crippen molar-refractivity contribution in [1.29, 1.82) is 0 Å². The molecule has 0 saturated carbocycles. The number of aryl methyl sites for hydroxylation is 2. The summed E-state index contributed by atoms with van der Waals surface area (Å²) in [6, 6.07) is 10.4. The molecule has 2 aromatic carbocycles. The largest absolute Gasteiger partial charge is 0.493 e. The Labute approximate surface area is 187 Å². The van der Waals surface area contributed by atoms with Gasteiger partial charge in [-0.15, -0.1) is 0 Å². The second-order valence-corrected chi connectivity index (χ2v) is 7.27. The molecule has 0 spiro atoms. The van der Waals surface area contributed by atoms with Gasteiger partial charge in [0.2, 0.25) is 0 Å². The number of rotatable bonds is 9. The number of methoxy groups -OCH3 is 3. The normalized spacial score (nSPS) is 11.6. The first kappa shape index (κ1) is 23.0. The Bertz CT molecular complexity index is 1070. The van der Waals surface area contributed by atoms with Crippen LogP contribution in [-0.2, 0) is 6.61 Å². The van der Waals surface area contributed by atoms with Gasteiger partial charge in [-0.05, 0) is 56.7 Å². The number of carbonyl (C=O) groups excluding carboxylic acids is 1. The van der Waals surface area contributed by atoms with Crippen molar-refractivity contribution in [1.82, 2.24) is 10.5 Å². The van der Waals surface area contributed by atoms with Crippen LogP contribution in [-0.4, -0.2) is 32.4 Å². The van der Waals surface area contributed by atoms with Crippen LogP contribution in [0.5, 0.6) is 23.0 Å². The summed E-state index contributed by atoms with van der Waals surface area (Å²) >= 11 is 0. The molecular weight excluding hydrogens is 412 g/mol. The van der Waals surface area contributed by atoms with Crippen molar-refractivity contribution in [2.75, 3.05) is 21.3 Å². The Balaban J connectivity index is 1.71. The summed E-state index contributed by atoms with van der Waals surface area (Å²) in [7, 11) is 4.69. The maximum absolute atomic E-state index is 12.8. The highest BCUT2D eigenvalue weighted by Crippen LogP contribution is 2.31. The number of ether oxygens (including phenoxy) is 4. The Morgan fingerprint density at radius 3 is 2.25 bits per heavy atom. The molecule has 1 unspecified atom stereocenters. The van der Waals surface area contributed by atoms with Crippen molar-refractivity contribution >= 4 is 5.91 Å². The van der Waals surface area contributed by atoms with Crippen molar-refractivity contribution in [3.05, 3.63) is 64.5 Å². The highest BCUT2D eigenvalue weighted by molar-refractivity contribution is 5.95. The maximum Gasteiger partial charge on any atom is 0.251 e. The van der Waals surface area contributed by atoms with E-state index in [1.165, 1.54) is 7.11 Å². The SMILES string of the molecule is COc1ccc(C(C)NC(=O)c2ccc(OCc3c(C)noc3C)c(OC)c2)cc1OC. The molecule has 8 heteroatoms. The summed E-state index contributed by atoms with van der Waals surface area (Å²) in [6.45, 7) is 5.89. The van der Waals surface area contributed by atoms with Crippen molar-refractivity contribution < 1.29 is 28.3 Å². The molecule has 32 heavy (non-hydrogen) atoms. The van der Waals surface area contributed by atoms with Crippen molar-refractivity contribution in [3.63, 3.8) is 0 Å². The third-order valence-corrected chi connectivity index (χ3v) is 5.23. The van der Waals surface area contributed by atoms with Gasteiger partial charge in [0.25, 0.3) is 5.91 Å². The van der Waals surface area contributed by atoms with Crippen molar-refractivity contribution in [3.8, 4) is 23.0 Å². The number of hydrogen-bond donors (Lipinski definition) is 1. The van der Waals surface area contributed by atoms with E-state index < -0.39 is 0 Å². The molecular formula is C24H28N2O6. The molecule has 0 aliphatic rings. The minimum atomic E-state index is -0.247. The Hall–Kier alpha value is -3.68. The molecule has 1 heterocycles. The fraction of sp³-hybridized carbons (Fsp3) is 0.333. The van der Waals surface area contributed by atoms with Gasteiger partial charge < -0.3 is 28.8 Å². The minimum absolute atomic E-state index is 0.233. The van der Waals surface area contributed by atoms with Crippen LogP contribution in [0.3, 0.4) is 0 Å². The summed E-state index contributed by atoms with van der Waals surface area (Å²) < 4.78 is 27.1. The van der Waals surface area contributed by atoms with E-state index in [0.29, 0.717) is 40.9 Å². The summed E-state index contributed by atoms with van der Waals surface area (Å²) in [5, 5.41) is 6.92. The van der Waals surface area contributed by atoms with Crippen LogP contribution in [0, 0.1) is 13.8 Å². The average molecular weight is 440 g/mol. The van der Waals surface area contributed by atoms with E-state index in [2.05, 4.69) is 10.5 Å². The smallest absolute Gasteiger partial charge is 0.251 e. The molecule has 1 atom stereocenters. The first-order valence-electron chi connectivity index (χ1n) is 10.1. The maximum atomic E-state index is 12.8. The molecule has 170 valence electrons. The number of amides is 1. The zero-order valence-electron chi connectivity index (χ0n) is 19.1. The molecule has 1 amide bonds. The van der Waals surface area contributed by atoms with E-state index in [0.717, 1.165) is 16.8 Å². The molecule has 0 bridgehead atoms. The van der Waals surface area contributed by atoms with E-state index in [1.54, 1.807) is 32.4 Å². The summed E-state index contributed by atoms with van der Waals surface area (Å²) in [6.07, 6.45) is 0. The van der Waals surface area contributed by atoms with Crippen LogP contribution >= 0.6 is 0 Å². The predicted octanol–water partition coefficient (Wildman–Crippen LogP) is 4.39. The second-order valence-electron chi connectivity index (χ2n) is 7.27. The van der Waals surface area contributed by atoms with E-state index in [1.807, 2.05) is 39.0 Å². The lowest BCUT2D eigenvalue weighted by molar-refractivity contribution is 0.0939. The van der Waals surface area contributed by atoms with Crippen LogP contribution in [0.15, 0.2) is 40.9 Å². The molecule has 1 N–H and O–H groups in total. The fourth-order valence-electron chi connectivity index (χ4n) is 3.27. The van der Waals surface area contributed by atoms with E-state index in [9.17, 15) is 4.79 Å².